The third kappa shape index (κ3) is 6.65. The van der Waals surface area contributed by atoms with E-state index in [2.05, 4.69) is 0 Å². The molecule has 104 valence electrons. The van der Waals surface area contributed by atoms with Crippen molar-refractivity contribution in [2.45, 2.75) is 46.3 Å². The predicted molar refractivity (Wildman–Crippen MR) is 77.1 cm³/mol. The zero-order valence-corrected chi connectivity index (χ0v) is 12.3. The number of benzene rings is 1. The Morgan fingerprint density at radius 2 is 1.95 bits per heavy atom. The summed E-state index contributed by atoms with van der Waals surface area (Å²) in [4.78, 5) is 11.4. The normalized spacial score (nSPS) is 11.9. The molecular weight excluding hydrogens is 240 g/mol. The van der Waals surface area contributed by atoms with Gasteiger partial charge in [0.15, 0.2) is 0 Å². The minimum absolute atomic E-state index is 0.104. The molecule has 0 fully saturated rings. The van der Waals surface area contributed by atoms with Crippen LogP contribution < -0.4 is 4.74 Å². The monoisotopic (exact) mass is 262 g/mol. The summed E-state index contributed by atoms with van der Waals surface area (Å²) in [5.41, 5.74) is 0.668. The minimum atomic E-state index is -0.336. The Balaban J connectivity index is 2.72. The van der Waals surface area contributed by atoms with Crippen molar-refractivity contribution in [1.29, 1.82) is 0 Å². The summed E-state index contributed by atoms with van der Waals surface area (Å²) in [5.74, 6) is 0.448. The molecule has 0 N–H and O–H groups in total. The minimum Gasteiger partial charge on any atom is -0.488 e. The van der Waals surface area contributed by atoms with Gasteiger partial charge in [-0.25, -0.2) is 4.79 Å². The van der Waals surface area contributed by atoms with Crippen LogP contribution >= 0.6 is 0 Å². The van der Waals surface area contributed by atoms with Gasteiger partial charge >= 0.3 is 5.97 Å². The van der Waals surface area contributed by atoms with E-state index in [1.807, 2.05) is 58.9 Å². The SMILES string of the molecule is CC(C)OC(=O)/C=C/c1cccc(OC(C)(C)C)c1. The van der Waals surface area contributed by atoms with Crippen LogP contribution in [-0.4, -0.2) is 17.7 Å². The van der Waals surface area contributed by atoms with E-state index in [1.54, 1.807) is 6.08 Å². The number of hydrogen-bond donors (Lipinski definition) is 0. The number of carbonyl (C=O) groups excluding carboxylic acids is 1. The third-order valence-corrected chi connectivity index (χ3v) is 2.05. The predicted octanol–water partition coefficient (Wildman–Crippen LogP) is 3.83. The highest BCUT2D eigenvalue weighted by Gasteiger charge is 2.11. The van der Waals surface area contributed by atoms with Crippen molar-refractivity contribution in [1.82, 2.24) is 0 Å². The molecule has 0 unspecified atom stereocenters. The van der Waals surface area contributed by atoms with Crippen LogP contribution in [-0.2, 0) is 9.53 Å². The van der Waals surface area contributed by atoms with E-state index in [4.69, 9.17) is 9.47 Å². The molecule has 0 radical (unpaired) electrons. The summed E-state index contributed by atoms with van der Waals surface area (Å²) < 4.78 is 10.8. The Labute approximate surface area is 115 Å². The molecule has 0 aliphatic rings. The first-order valence-corrected chi connectivity index (χ1v) is 6.44. The molecule has 0 amide bonds. The molecule has 1 rings (SSSR count). The fourth-order valence-corrected chi connectivity index (χ4v) is 1.47. The lowest BCUT2D eigenvalue weighted by atomic mass is 10.1. The Morgan fingerprint density at radius 1 is 1.26 bits per heavy atom. The van der Waals surface area contributed by atoms with Gasteiger partial charge in [-0.3, -0.25) is 0 Å². The zero-order valence-electron chi connectivity index (χ0n) is 12.3. The van der Waals surface area contributed by atoms with Crippen LogP contribution in [0.25, 0.3) is 6.08 Å². The van der Waals surface area contributed by atoms with Gasteiger partial charge in [-0.15, -0.1) is 0 Å². The van der Waals surface area contributed by atoms with Crippen LogP contribution in [0.2, 0.25) is 0 Å². The van der Waals surface area contributed by atoms with E-state index >= 15 is 0 Å². The van der Waals surface area contributed by atoms with E-state index in [9.17, 15) is 4.79 Å². The fourth-order valence-electron chi connectivity index (χ4n) is 1.47. The summed E-state index contributed by atoms with van der Waals surface area (Å²) in [6, 6.07) is 7.60. The summed E-state index contributed by atoms with van der Waals surface area (Å²) in [7, 11) is 0. The molecular formula is C16H22O3. The van der Waals surface area contributed by atoms with Crippen LogP contribution in [0, 0.1) is 0 Å². The number of rotatable bonds is 4. The van der Waals surface area contributed by atoms with Crippen molar-refractivity contribution < 1.29 is 14.3 Å². The fraction of sp³-hybridized carbons (Fsp3) is 0.438. The van der Waals surface area contributed by atoms with Crippen molar-refractivity contribution in [2.75, 3.05) is 0 Å². The smallest absolute Gasteiger partial charge is 0.331 e. The van der Waals surface area contributed by atoms with E-state index in [1.165, 1.54) is 6.08 Å². The highest BCUT2D eigenvalue weighted by atomic mass is 16.5. The second-order valence-corrected chi connectivity index (χ2v) is 5.61. The van der Waals surface area contributed by atoms with Crippen LogP contribution in [0.4, 0.5) is 0 Å². The highest BCUT2D eigenvalue weighted by molar-refractivity contribution is 5.87. The molecule has 0 aromatic heterocycles. The van der Waals surface area contributed by atoms with Crippen LogP contribution in [0.15, 0.2) is 30.3 Å². The second kappa shape index (κ2) is 6.41. The molecule has 0 atom stereocenters. The lowest BCUT2D eigenvalue weighted by molar-refractivity contribution is -0.141. The first-order valence-electron chi connectivity index (χ1n) is 6.44. The van der Waals surface area contributed by atoms with Gasteiger partial charge < -0.3 is 9.47 Å². The molecule has 0 saturated carbocycles. The van der Waals surface area contributed by atoms with Gasteiger partial charge in [0.05, 0.1) is 6.10 Å². The molecule has 3 nitrogen and oxygen atoms in total. The summed E-state index contributed by atoms with van der Waals surface area (Å²) >= 11 is 0. The molecule has 0 spiro atoms. The van der Waals surface area contributed by atoms with Crippen LogP contribution in [0.5, 0.6) is 5.75 Å². The van der Waals surface area contributed by atoms with Crippen molar-refractivity contribution >= 4 is 12.0 Å². The number of esters is 1. The van der Waals surface area contributed by atoms with Gasteiger partial charge in [-0.2, -0.15) is 0 Å². The van der Waals surface area contributed by atoms with E-state index in [-0.39, 0.29) is 17.7 Å². The van der Waals surface area contributed by atoms with Crippen LogP contribution in [0.3, 0.4) is 0 Å². The van der Waals surface area contributed by atoms with Crippen molar-refractivity contribution in [3.63, 3.8) is 0 Å². The third-order valence-electron chi connectivity index (χ3n) is 2.05. The maximum Gasteiger partial charge on any atom is 0.331 e. The van der Waals surface area contributed by atoms with Gasteiger partial charge in [0.1, 0.15) is 11.4 Å². The Kier molecular flexibility index (Phi) is 5.16. The van der Waals surface area contributed by atoms with Crippen LogP contribution in [0.1, 0.15) is 40.2 Å². The average Bonchev–Trinajstić information content (AvgIpc) is 2.23. The van der Waals surface area contributed by atoms with Gasteiger partial charge in [0.25, 0.3) is 0 Å². The largest absolute Gasteiger partial charge is 0.488 e. The maximum absolute atomic E-state index is 11.4. The molecule has 3 heteroatoms. The van der Waals surface area contributed by atoms with Crippen molar-refractivity contribution in [2.24, 2.45) is 0 Å². The maximum atomic E-state index is 11.4. The number of ether oxygens (including phenoxy) is 2. The van der Waals surface area contributed by atoms with E-state index in [0.29, 0.717) is 0 Å². The lowest BCUT2D eigenvalue weighted by Gasteiger charge is -2.21. The summed E-state index contributed by atoms with van der Waals surface area (Å²) in [6.45, 7) is 9.63. The molecule has 19 heavy (non-hydrogen) atoms. The first kappa shape index (κ1) is 15.3. The summed E-state index contributed by atoms with van der Waals surface area (Å²) in [6.07, 6.45) is 3.05. The quantitative estimate of drug-likeness (QED) is 0.611. The lowest BCUT2D eigenvalue weighted by Crippen LogP contribution is -2.22. The Morgan fingerprint density at radius 3 is 2.53 bits per heavy atom. The number of carbonyl (C=O) groups is 1. The van der Waals surface area contributed by atoms with E-state index in [0.717, 1.165) is 11.3 Å². The molecule has 1 aromatic carbocycles. The molecule has 0 aliphatic carbocycles. The van der Waals surface area contributed by atoms with Crippen molar-refractivity contribution in [3.05, 3.63) is 35.9 Å². The Hall–Kier alpha value is -1.77. The number of hydrogen-bond acceptors (Lipinski definition) is 3. The van der Waals surface area contributed by atoms with Gasteiger partial charge in [-0.1, -0.05) is 12.1 Å². The average molecular weight is 262 g/mol. The first-order chi connectivity index (χ1) is 8.76. The van der Waals surface area contributed by atoms with E-state index < -0.39 is 0 Å². The van der Waals surface area contributed by atoms with Gasteiger partial charge in [0.2, 0.25) is 0 Å². The zero-order chi connectivity index (χ0) is 14.5. The van der Waals surface area contributed by atoms with Gasteiger partial charge in [0, 0.05) is 6.08 Å². The standard InChI is InChI=1S/C16H22O3/c1-12(2)18-15(17)10-9-13-7-6-8-14(11-13)19-16(3,4)5/h6-12H,1-5H3/b10-9+. The molecule has 0 saturated heterocycles. The molecule has 0 heterocycles. The Bertz CT molecular complexity index is 453. The second-order valence-electron chi connectivity index (χ2n) is 5.61. The molecule has 0 bridgehead atoms. The highest BCUT2D eigenvalue weighted by Crippen LogP contribution is 2.19. The molecule has 0 aliphatic heterocycles. The van der Waals surface area contributed by atoms with Crippen molar-refractivity contribution in [3.8, 4) is 5.75 Å². The van der Waals surface area contributed by atoms with Gasteiger partial charge in [-0.05, 0) is 58.4 Å². The topological polar surface area (TPSA) is 35.5 Å². The summed E-state index contributed by atoms with van der Waals surface area (Å²) in [5, 5.41) is 0. The molecule has 1 aromatic rings.